The largest absolute Gasteiger partial charge is 0.478 e. The number of hydrogen-bond donors (Lipinski definition) is 1. The highest BCUT2D eigenvalue weighted by atomic mass is 16.4. The number of imide groups is 1. The van der Waals surface area contributed by atoms with E-state index < -0.39 is 17.8 Å². The van der Waals surface area contributed by atoms with Crippen molar-refractivity contribution >= 4 is 23.9 Å². The maximum Gasteiger partial charge on any atom is 0.335 e. The van der Waals surface area contributed by atoms with Gasteiger partial charge >= 0.3 is 5.97 Å². The first kappa shape index (κ1) is 19.8. The number of benzene rings is 1. The normalized spacial score (nSPS) is 15.8. The van der Waals surface area contributed by atoms with E-state index >= 15 is 0 Å². The predicted octanol–water partition coefficient (Wildman–Crippen LogP) is 3.65. The topological polar surface area (TPSA) is 112 Å². The van der Waals surface area contributed by atoms with Crippen molar-refractivity contribution in [1.29, 1.82) is 5.26 Å². The number of hydrogen-bond acceptors (Lipinski definition) is 5. The van der Waals surface area contributed by atoms with Gasteiger partial charge in [-0.05, 0) is 49.3 Å². The average Bonchev–Trinajstić information content (AvgIpc) is 3.18. The number of carboxylic acid groups (broad SMARTS) is 1. The van der Waals surface area contributed by atoms with Crippen molar-refractivity contribution in [2.24, 2.45) is 0 Å². The van der Waals surface area contributed by atoms with Gasteiger partial charge in [-0.3, -0.25) is 14.5 Å². The number of carbonyl (C=O) groups excluding carboxylic acids is 2. The molecule has 7 heteroatoms. The molecular weight excluding hydrogens is 372 g/mol. The molecule has 3 rings (SSSR count). The molecule has 29 heavy (non-hydrogen) atoms. The second kappa shape index (κ2) is 7.98. The van der Waals surface area contributed by atoms with Gasteiger partial charge in [-0.15, -0.1) is 0 Å². The summed E-state index contributed by atoms with van der Waals surface area (Å²) < 4.78 is 5.78. The third-order valence-electron chi connectivity index (χ3n) is 4.60. The Morgan fingerprint density at radius 1 is 1.17 bits per heavy atom. The van der Waals surface area contributed by atoms with Crippen molar-refractivity contribution in [3.05, 3.63) is 64.4 Å². The van der Waals surface area contributed by atoms with Gasteiger partial charge in [0.25, 0.3) is 11.8 Å². The van der Waals surface area contributed by atoms with Gasteiger partial charge in [0.15, 0.2) is 0 Å². The molecular formula is C22H18N2O5. The highest BCUT2D eigenvalue weighted by molar-refractivity contribution is 6.19. The standard InChI is InChI=1S/C22H18N2O5/c1-3-10-24-20(25)17(13(2)18(12-23)21(24)26)11-16-8-9-19(29-16)14-4-6-15(7-5-14)22(27)28/h4-9,11H,3,10H2,1-2H3,(H,27,28). The van der Waals surface area contributed by atoms with E-state index in [1.807, 2.05) is 13.0 Å². The molecule has 1 N–H and O–H groups in total. The summed E-state index contributed by atoms with van der Waals surface area (Å²) in [6, 6.07) is 11.5. The van der Waals surface area contributed by atoms with Crippen molar-refractivity contribution < 1.29 is 23.9 Å². The van der Waals surface area contributed by atoms with Gasteiger partial charge in [0.1, 0.15) is 23.2 Å². The van der Waals surface area contributed by atoms with Crippen molar-refractivity contribution in [3.8, 4) is 17.4 Å². The van der Waals surface area contributed by atoms with Gasteiger partial charge in [-0.25, -0.2) is 4.79 Å². The Morgan fingerprint density at radius 3 is 2.45 bits per heavy atom. The zero-order valence-corrected chi connectivity index (χ0v) is 15.9. The lowest BCUT2D eigenvalue weighted by Gasteiger charge is -2.26. The monoisotopic (exact) mass is 390 g/mol. The lowest BCUT2D eigenvalue weighted by atomic mass is 9.94. The number of rotatable bonds is 5. The predicted molar refractivity (Wildman–Crippen MR) is 104 cm³/mol. The molecule has 0 saturated carbocycles. The summed E-state index contributed by atoms with van der Waals surface area (Å²) in [4.78, 5) is 37.2. The molecule has 0 atom stereocenters. The minimum Gasteiger partial charge on any atom is -0.478 e. The second-order valence-electron chi connectivity index (χ2n) is 6.52. The van der Waals surface area contributed by atoms with Crippen molar-refractivity contribution in [2.45, 2.75) is 20.3 Å². The maximum absolute atomic E-state index is 12.8. The molecule has 1 aliphatic rings. The maximum atomic E-state index is 12.8. The summed E-state index contributed by atoms with van der Waals surface area (Å²) >= 11 is 0. The van der Waals surface area contributed by atoms with Crippen molar-refractivity contribution in [2.75, 3.05) is 6.54 Å². The molecule has 1 aliphatic heterocycles. The minimum atomic E-state index is -1.01. The summed E-state index contributed by atoms with van der Waals surface area (Å²) in [5, 5.41) is 18.3. The highest BCUT2D eigenvalue weighted by Crippen LogP contribution is 2.29. The Kier molecular flexibility index (Phi) is 5.46. The van der Waals surface area contributed by atoms with Crippen LogP contribution < -0.4 is 0 Å². The summed E-state index contributed by atoms with van der Waals surface area (Å²) in [7, 11) is 0. The van der Waals surface area contributed by atoms with E-state index in [9.17, 15) is 19.6 Å². The van der Waals surface area contributed by atoms with Crippen LogP contribution in [0.4, 0.5) is 0 Å². The molecule has 0 unspecified atom stereocenters. The first-order chi connectivity index (χ1) is 13.9. The summed E-state index contributed by atoms with van der Waals surface area (Å²) in [5.41, 5.74) is 1.35. The molecule has 0 spiro atoms. The number of carboxylic acids is 1. The van der Waals surface area contributed by atoms with Crippen LogP contribution in [0.15, 0.2) is 57.5 Å². The second-order valence-corrected chi connectivity index (χ2v) is 6.52. The van der Waals surface area contributed by atoms with Crippen LogP contribution in [0.2, 0.25) is 0 Å². The van der Waals surface area contributed by atoms with E-state index in [0.717, 1.165) is 4.90 Å². The van der Waals surface area contributed by atoms with Crippen LogP contribution in [0.1, 0.15) is 36.4 Å². The highest BCUT2D eigenvalue weighted by Gasteiger charge is 2.35. The number of nitrogens with zero attached hydrogens (tertiary/aromatic N) is 2. The van der Waals surface area contributed by atoms with Gasteiger partial charge in [-0.2, -0.15) is 5.26 Å². The van der Waals surface area contributed by atoms with Gasteiger partial charge in [0.2, 0.25) is 0 Å². The molecule has 7 nitrogen and oxygen atoms in total. The Balaban J connectivity index is 1.98. The van der Waals surface area contributed by atoms with Gasteiger partial charge in [0.05, 0.1) is 5.56 Å². The number of nitriles is 1. The Bertz CT molecular complexity index is 1100. The zero-order chi connectivity index (χ0) is 21.1. The molecule has 2 aromatic rings. The SMILES string of the molecule is CCCN1C(=O)C(=Cc2ccc(-c3ccc(C(=O)O)cc3)o2)C(C)=C(C#N)C1=O. The third-order valence-corrected chi connectivity index (χ3v) is 4.60. The lowest BCUT2D eigenvalue weighted by Crippen LogP contribution is -2.43. The minimum absolute atomic E-state index is 0.0552. The van der Waals surface area contributed by atoms with E-state index in [4.69, 9.17) is 9.52 Å². The van der Waals surface area contributed by atoms with Gasteiger partial charge in [-0.1, -0.05) is 19.1 Å². The molecule has 0 aliphatic carbocycles. The number of amides is 2. The first-order valence-electron chi connectivity index (χ1n) is 9.00. The smallest absolute Gasteiger partial charge is 0.335 e. The third kappa shape index (κ3) is 3.73. The first-order valence-corrected chi connectivity index (χ1v) is 9.00. The van der Waals surface area contributed by atoms with Gasteiger partial charge in [0, 0.05) is 17.7 Å². The zero-order valence-electron chi connectivity index (χ0n) is 15.9. The van der Waals surface area contributed by atoms with E-state index in [1.165, 1.54) is 18.2 Å². The molecule has 0 fully saturated rings. The number of aromatic carboxylic acids is 1. The lowest BCUT2D eigenvalue weighted by molar-refractivity contribution is -0.140. The fourth-order valence-electron chi connectivity index (χ4n) is 3.06. The molecule has 2 heterocycles. The van der Waals surface area contributed by atoms with Crippen LogP contribution in [-0.2, 0) is 9.59 Å². The fourth-order valence-corrected chi connectivity index (χ4v) is 3.06. The van der Waals surface area contributed by atoms with E-state index in [1.54, 1.807) is 31.2 Å². The van der Waals surface area contributed by atoms with Crippen molar-refractivity contribution in [3.63, 3.8) is 0 Å². The van der Waals surface area contributed by atoms with Crippen LogP contribution in [-0.4, -0.2) is 34.3 Å². The molecule has 1 aromatic heterocycles. The van der Waals surface area contributed by atoms with Gasteiger partial charge < -0.3 is 9.52 Å². The summed E-state index contributed by atoms with van der Waals surface area (Å²) in [6.45, 7) is 3.64. The summed E-state index contributed by atoms with van der Waals surface area (Å²) in [6.07, 6.45) is 2.10. The number of furan rings is 1. The van der Waals surface area contributed by atoms with Crippen LogP contribution in [0.25, 0.3) is 17.4 Å². The quantitative estimate of drug-likeness (QED) is 0.616. The molecule has 0 radical (unpaired) electrons. The summed E-state index contributed by atoms with van der Waals surface area (Å²) in [5.74, 6) is -1.17. The molecule has 146 valence electrons. The van der Waals surface area contributed by atoms with E-state index in [2.05, 4.69) is 0 Å². The van der Waals surface area contributed by atoms with Crippen molar-refractivity contribution in [1.82, 2.24) is 4.90 Å². The molecule has 2 amide bonds. The Hall–Kier alpha value is -3.92. The van der Waals surface area contributed by atoms with E-state index in [0.29, 0.717) is 29.1 Å². The Labute approximate surface area is 167 Å². The number of carbonyl (C=O) groups is 3. The molecule has 0 bridgehead atoms. The Morgan fingerprint density at radius 2 is 1.86 bits per heavy atom. The fraction of sp³-hybridized carbons (Fsp3) is 0.182. The van der Waals surface area contributed by atoms with Crippen LogP contribution >= 0.6 is 0 Å². The van der Waals surface area contributed by atoms with Crippen LogP contribution in [0, 0.1) is 11.3 Å². The average molecular weight is 390 g/mol. The van der Waals surface area contributed by atoms with Crippen LogP contribution in [0.5, 0.6) is 0 Å². The van der Waals surface area contributed by atoms with E-state index in [-0.39, 0.29) is 23.3 Å². The van der Waals surface area contributed by atoms with Crippen LogP contribution in [0.3, 0.4) is 0 Å². The molecule has 1 aromatic carbocycles. The molecule has 0 saturated heterocycles.